The van der Waals surface area contributed by atoms with E-state index < -0.39 is 5.97 Å². The molecule has 0 N–H and O–H groups in total. The number of carbonyl (C=O) groups is 1. The third-order valence-electron chi connectivity index (χ3n) is 3.25. The summed E-state index contributed by atoms with van der Waals surface area (Å²) in [5.74, 6) is -0.533. The minimum absolute atomic E-state index is 0.292. The molecule has 0 fully saturated rings. The molecule has 0 saturated heterocycles. The summed E-state index contributed by atoms with van der Waals surface area (Å²) in [6.07, 6.45) is 2.08. The second-order valence-electron chi connectivity index (χ2n) is 5.01. The van der Waals surface area contributed by atoms with Gasteiger partial charge in [-0.25, -0.2) is 4.79 Å². The second kappa shape index (κ2) is 9.77. The molecule has 0 aliphatic heterocycles. The van der Waals surface area contributed by atoms with Gasteiger partial charge in [0.05, 0.1) is 12.2 Å². The van der Waals surface area contributed by atoms with Crippen molar-refractivity contribution in [3.63, 3.8) is 0 Å². The molecule has 0 saturated carbocycles. The first-order valence-electron chi connectivity index (χ1n) is 7.74. The Balaban J connectivity index is 1.75. The SMILES string of the molecule is CCCCOC[CH]OOC(=O)c1ccc(-c2ccccc2)cc1. The number of hydrogen-bond donors (Lipinski definition) is 0. The Hall–Kier alpha value is -2.17. The highest BCUT2D eigenvalue weighted by Crippen LogP contribution is 2.19. The first kappa shape index (κ1) is 17.2. The zero-order valence-corrected chi connectivity index (χ0v) is 13.2. The monoisotopic (exact) mass is 313 g/mol. The number of hydrogen-bond acceptors (Lipinski definition) is 4. The molecule has 121 valence electrons. The van der Waals surface area contributed by atoms with Gasteiger partial charge in [-0.05, 0) is 29.7 Å². The summed E-state index contributed by atoms with van der Waals surface area (Å²) < 4.78 is 5.25. The first-order chi connectivity index (χ1) is 11.3. The fraction of sp³-hybridized carbons (Fsp3) is 0.263. The van der Waals surface area contributed by atoms with E-state index in [0.29, 0.717) is 18.8 Å². The summed E-state index contributed by atoms with van der Waals surface area (Å²) in [5, 5.41) is 0. The summed E-state index contributed by atoms with van der Waals surface area (Å²) in [7, 11) is 0. The van der Waals surface area contributed by atoms with Crippen molar-refractivity contribution < 1.29 is 19.3 Å². The molecule has 0 aliphatic rings. The second-order valence-corrected chi connectivity index (χ2v) is 5.01. The largest absolute Gasteiger partial charge is 0.378 e. The van der Waals surface area contributed by atoms with Crippen LogP contribution in [0, 0.1) is 6.61 Å². The Labute approximate surface area is 136 Å². The fourth-order valence-corrected chi connectivity index (χ4v) is 1.96. The average molecular weight is 313 g/mol. The van der Waals surface area contributed by atoms with Gasteiger partial charge < -0.3 is 4.74 Å². The minimum atomic E-state index is -0.533. The molecule has 0 unspecified atom stereocenters. The molecule has 0 spiro atoms. The van der Waals surface area contributed by atoms with Crippen LogP contribution in [0.2, 0.25) is 0 Å². The van der Waals surface area contributed by atoms with E-state index in [1.165, 1.54) is 6.61 Å². The van der Waals surface area contributed by atoms with Gasteiger partial charge in [-0.15, -0.1) is 0 Å². The molecular weight excluding hydrogens is 292 g/mol. The number of carbonyl (C=O) groups excluding carboxylic acids is 1. The number of unbranched alkanes of at least 4 members (excludes halogenated alkanes) is 1. The molecule has 0 bridgehead atoms. The Morgan fingerprint density at radius 2 is 1.70 bits per heavy atom. The van der Waals surface area contributed by atoms with Gasteiger partial charge in [0.1, 0.15) is 0 Å². The minimum Gasteiger partial charge on any atom is -0.378 e. The Kier molecular flexibility index (Phi) is 7.30. The fourth-order valence-electron chi connectivity index (χ4n) is 1.96. The van der Waals surface area contributed by atoms with Crippen LogP contribution in [0.5, 0.6) is 0 Å². The van der Waals surface area contributed by atoms with Crippen LogP contribution in [-0.4, -0.2) is 19.2 Å². The molecule has 4 heteroatoms. The zero-order valence-electron chi connectivity index (χ0n) is 13.2. The van der Waals surface area contributed by atoms with Crippen LogP contribution >= 0.6 is 0 Å². The van der Waals surface area contributed by atoms with Gasteiger partial charge in [0.25, 0.3) is 0 Å². The van der Waals surface area contributed by atoms with E-state index in [1.807, 2.05) is 42.5 Å². The molecule has 0 heterocycles. The van der Waals surface area contributed by atoms with Gasteiger partial charge in [0.15, 0.2) is 6.61 Å². The van der Waals surface area contributed by atoms with E-state index in [1.54, 1.807) is 12.1 Å². The predicted molar refractivity (Wildman–Crippen MR) is 88.4 cm³/mol. The van der Waals surface area contributed by atoms with Crippen LogP contribution in [0.3, 0.4) is 0 Å². The van der Waals surface area contributed by atoms with Crippen molar-refractivity contribution in [2.45, 2.75) is 19.8 Å². The lowest BCUT2D eigenvalue weighted by atomic mass is 10.0. The van der Waals surface area contributed by atoms with Crippen LogP contribution in [0.25, 0.3) is 11.1 Å². The van der Waals surface area contributed by atoms with Gasteiger partial charge >= 0.3 is 5.97 Å². The molecule has 0 aromatic heterocycles. The summed E-state index contributed by atoms with van der Waals surface area (Å²) in [6.45, 7) is 4.38. The van der Waals surface area contributed by atoms with Crippen molar-refractivity contribution in [2.24, 2.45) is 0 Å². The average Bonchev–Trinajstić information content (AvgIpc) is 2.61. The molecule has 0 amide bonds. The molecule has 0 atom stereocenters. The molecular formula is C19H21O4. The zero-order chi connectivity index (χ0) is 16.3. The third-order valence-corrected chi connectivity index (χ3v) is 3.25. The van der Waals surface area contributed by atoms with E-state index in [-0.39, 0.29) is 0 Å². The van der Waals surface area contributed by atoms with Crippen molar-refractivity contribution in [2.75, 3.05) is 13.2 Å². The van der Waals surface area contributed by atoms with Gasteiger partial charge in [-0.2, -0.15) is 4.89 Å². The summed E-state index contributed by atoms with van der Waals surface area (Å²) in [4.78, 5) is 21.3. The Morgan fingerprint density at radius 1 is 1.00 bits per heavy atom. The maximum absolute atomic E-state index is 11.8. The van der Waals surface area contributed by atoms with Crippen molar-refractivity contribution in [1.29, 1.82) is 0 Å². The molecule has 2 rings (SSSR count). The lowest BCUT2D eigenvalue weighted by molar-refractivity contribution is -0.218. The van der Waals surface area contributed by atoms with E-state index in [0.717, 1.165) is 24.0 Å². The maximum atomic E-state index is 11.8. The normalized spacial score (nSPS) is 10.5. The number of benzene rings is 2. The molecule has 0 aliphatic carbocycles. The van der Waals surface area contributed by atoms with Crippen LogP contribution in [-0.2, 0) is 14.5 Å². The van der Waals surface area contributed by atoms with Gasteiger partial charge in [-0.1, -0.05) is 55.8 Å². The topological polar surface area (TPSA) is 44.8 Å². The van der Waals surface area contributed by atoms with Crippen molar-refractivity contribution >= 4 is 5.97 Å². The van der Waals surface area contributed by atoms with Crippen molar-refractivity contribution in [3.8, 4) is 11.1 Å². The molecule has 2 aromatic carbocycles. The van der Waals surface area contributed by atoms with E-state index >= 15 is 0 Å². The third kappa shape index (κ3) is 5.85. The molecule has 4 nitrogen and oxygen atoms in total. The van der Waals surface area contributed by atoms with Crippen molar-refractivity contribution in [1.82, 2.24) is 0 Å². The highest BCUT2D eigenvalue weighted by molar-refractivity contribution is 5.89. The number of ether oxygens (including phenoxy) is 1. The predicted octanol–water partition coefficient (Wildman–Crippen LogP) is 4.42. The summed E-state index contributed by atoms with van der Waals surface area (Å²) in [6, 6.07) is 17.1. The first-order valence-corrected chi connectivity index (χ1v) is 7.74. The lowest BCUT2D eigenvalue weighted by Gasteiger charge is -2.05. The van der Waals surface area contributed by atoms with Gasteiger partial charge in [0, 0.05) is 6.61 Å². The molecule has 23 heavy (non-hydrogen) atoms. The van der Waals surface area contributed by atoms with Crippen LogP contribution in [0.15, 0.2) is 54.6 Å². The van der Waals surface area contributed by atoms with Crippen molar-refractivity contribution in [3.05, 3.63) is 66.8 Å². The van der Waals surface area contributed by atoms with Gasteiger partial charge in [0.2, 0.25) is 0 Å². The van der Waals surface area contributed by atoms with Crippen LogP contribution in [0.1, 0.15) is 30.1 Å². The van der Waals surface area contributed by atoms with Crippen LogP contribution in [0.4, 0.5) is 0 Å². The molecule has 2 aromatic rings. The highest BCUT2D eigenvalue weighted by Gasteiger charge is 2.08. The highest BCUT2D eigenvalue weighted by atomic mass is 17.2. The van der Waals surface area contributed by atoms with E-state index in [4.69, 9.17) is 14.5 Å². The summed E-state index contributed by atoms with van der Waals surface area (Å²) >= 11 is 0. The smallest absolute Gasteiger partial charge is 0.373 e. The maximum Gasteiger partial charge on any atom is 0.373 e. The Bertz CT molecular complexity index is 578. The quantitative estimate of drug-likeness (QED) is 0.390. The Morgan fingerprint density at radius 3 is 2.39 bits per heavy atom. The van der Waals surface area contributed by atoms with Gasteiger partial charge in [-0.3, -0.25) is 4.89 Å². The summed E-state index contributed by atoms with van der Waals surface area (Å²) in [5.41, 5.74) is 2.57. The number of rotatable bonds is 9. The lowest BCUT2D eigenvalue weighted by Crippen LogP contribution is -2.07. The van der Waals surface area contributed by atoms with E-state index in [9.17, 15) is 4.79 Å². The molecule has 1 radical (unpaired) electrons. The standard InChI is InChI=1S/C19H21O4/c1-2-3-13-21-14-15-22-23-19(20)18-11-9-17(10-12-18)16-7-5-4-6-8-16/h4-12,15H,2-3,13-14H2,1H3. The van der Waals surface area contributed by atoms with E-state index in [2.05, 4.69) is 6.92 Å². The van der Waals surface area contributed by atoms with Crippen LogP contribution < -0.4 is 0 Å².